The molecule has 0 aliphatic carbocycles. The molecule has 2 N–H and O–H groups in total. The number of aliphatic hydroxyl groups excluding tert-OH is 1. The fourth-order valence-electron chi connectivity index (χ4n) is 1.76. The van der Waals surface area contributed by atoms with Gasteiger partial charge < -0.3 is 10.2 Å². The van der Waals surface area contributed by atoms with E-state index in [1.54, 1.807) is 0 Å². The summed E-state index contributed by atoms with van der Waals surface area (Å²) in [5.74, 6) is -0.819. The van der Waals surface area contributed by atoms with Crippen molar-refractivity contribution in [1.29, 1.82) is 0 Å². The highest BCUT2D eigenvalue weighted by Crippen LogP contribution is 2.27. The number of aliphatic hydroxyl groups is 1. The standard InChI is InChI=1S/C13H17BrO3/c1-8-7-11(14)9(2)6-10(8)12(15)4-3-5-13(16)17/h6-7,12,15H,3-5H2,1-2H3,(H,16,17). The van der Waals surface area contributed by atoms with Gasteiger partial charge in [-0.2, -0.15) is 0 Å². The second kappa shape index (κ2) is 6.17. The Labute approximate surface area is 110 Å². The molecule has 0 heterocycles. The van der Waals surface area contributed by atoms with E-state index in [0.717, 1.165) is 21.2 Å². The van der Waals surface area contributed by atoms with Crippen LogP contribution in [-0.4, -0.2) is 16.2 Å². The monoisotopic (exact) mass is 300 g/mol. The Hall–Kier alpha value is -0.870. The van der Waals surface area contributed by atoms with Gasteiger partial charge in [-0.3, -0.25) is 4.79 Å². The number of aryl methyl sites for hydroxylation is 2. The first kappa shape index (κ1) is 14.2. The first-order valence-electron chi connectivity index (χ1n) is 5.58. The molecule has 4 heteroatoms. The Bertz CT molecular complexity index is 415. The summed E-state index contributed by atoms with van der Waals surface area (Å²) in [7, 11) is 0. The zero-order valence-corrected chi connectivity index (χ0v) is 11.6. The summed E-state index contributed by atoms with van der Waals surface area (Å²) in [6.07, 6.45) is 0.492. The summed E-state index contributed by atoms with van der Waals surface area (Å²) in [6.45, 7) is 3.91. The van der Waals surface area contributed by atoms with Gasteiger partial charge in [-0.1, -0.05) is 22.0 Å². The number of halogens is 1. The minimum atomic E-state index is -0.819. The lowest BCUT2D eigenvalue weighted by Gasteiger charge is -2.15. The molecular weight excluding hydrogens is 284 g/mol. The topological polar surface area (TPSA) is 57.5 Å². The molecule has 1 atom stereocenters. The minimum Gasteiger partial charge on any atom is -0.481 e. The van der Waals surface area contributed by atoms with Crippen LogP contribution in [0, 0.1) is 13.8 Å². The van der Waals surface area contributed by atoms with Crippen molar-refractivity contribution in [3.8, 4) is 0 Å². The molecule has 0 spiro atoms. The van der Waals surface area contributed by atoms with E-state index in [1.165, 1.54) is 0 Å². The molecule has 0 aromatic heterocycles. The van der Waals surface area contributed by atoms with Gasteiger partial charge in [0.1, 0.15) is 0 Å². The average Bonchev–Trinajstić information content (AvgIpc) is 2.22. The van der Waals surface area contributed by atoms with Gasteiger partial charge in [0.05, 0.1) is 6.10 Å². The second-order valence-electron chi connectivity index (χ2n) is 4.26. The van der Waals surface area contributed by atoms with Crippen molar-refractivity contribution >= 4 is 21.9 Å². The van der Waals surface area contributed by atoms with Crippen LogP contribution in [0.1, 0.15) is 42.1 Å². The Balaban J connectivity index is 2.71. The Morgan fingerprint density at radius 2 is 2.00 bits per heavy atom. The van der Waals surface area contributed by atoms with Gasteiger partial charge >= 0.3 is 5.97 Å². The predicted molar refractivity (Wildman–Crippen MR) is 70.1 cm³/mol. The van der Waals surface area contributed by atoms with Gasteiger partial charge in [0.15, 0.2) is 0 Å². The lowest BCUT2D eigenvalue weighted by atomic mass is 9.97. The van der Waals surface area contributed by atoms with Crippen molar-refractivity contribution in [2.24, 2.45) is 0 Å². The summed E-state index contributed by atoms with van der Waals surface area (Å²) >= 11 is 3.44. The maximum atomic E-state index is 10.4. The molecule has 1 aromatic rings. The number of rotatable bonds is 5. The molecular formula is C13H17BrO3. The molecule has 0 fully saturated rings. The molecule has 1 unspecified atom stereocenters. The van der Waals surface area contributed by atoms with Gasteiger partial charge in [0.25, 0.3) is 0 Å². The molecule has 1 rings (SSSR count). The van der Waals surface area contributed by atoms with Crippen LogP contribution >= 0.6 is 15.9 Å². The molecule has 0 amide bonds. The van der Waals surface area contributed by atoms with Crippen molar-refractivity contribution in [3.05, 3.63) is 33.3 Å². The molecule has 1 aromatic carbocycles. The quantitative estimate of drug-likeness (QED) is 0.877. The van der Waals surface area contributed by atoms with Crippen LogP contribution in [0.3, 0.4) is 0 Å². The SMILES string of the molecule is Cc1cc(C(O)CCCC(=O)O)c(C)cc1Br. The highest BCUT2D eigenvalue weighted by molar-refractivity contribution is 9.10. The number of hydrogen-bond acceptors (Lipinski definition) is 2. The van der Waals surface area contributed by atoms with Crippen molar-refractivity contribution < 1.29 is 15.0 Å². The van der Waals surface area contributed by atoms with Crippen LogP contribution in [0.5, 0.6) is 0 Å². The third-order valence-electron chi connectivity index (χ3n) is 2.77. The summed E-state index contributed by atoms with van der Waals surface area (Å²) < 4.78 is 1.02. The lowest BCUT2D eigenvalue weighted by Crippen LogP contribution is -2.03. The third kappa shape index (κ3) is 4.13. The fraction of sp³-hybridized carbons (Fsp3) is 0.462. The van der Waals surface area contributed by atoms with E-state index in [4.69, 9.17) is 5.11 Å². The minimum absolute atomic E-state index is 0.103. The van der Waals surface area contributed by atoms with Crippen LogP contribution in [0.25, 0.3) is 0 Å². The molecule has 0 saturated heterocycles. The van der Waals surface area contributed by atoms with Gasteiger partial charge in [-0.25, -0.2) is 0 Å². The van der Waals surface area contributed by atoms with Gasteiger partial charge in [-0.05, 0) is 49.4 Å². The predicted octanol–water partition coefficient (Wildman–Crippen LogP) is 3.35. The normalized spacial score (nSPS) is 12.5. The zero-order valence-electron chi connectivity index (χ0n) is 10.0. The molecule has 0 bridgehead atoms. The second-order valence-corrected chi connectivity index (χ2v) is 5.11. The summed E-state index contributed by atoms with van der Waals surface area (Å²) in [6, 6.07) is 3.93. The summed E-state index contributed by atoms with van der Waals surface area (Å²) in [5, 5.41) is 18.6. The van der Waals surface area contributed by atoms with Crippen molar-refractivity contribution in [2.45, 2.75) is 39.2 Å². The average molecular weight is 301 g/mol. The number of carbonyl (C=O) groups is 1. The van der Waals surface area contributed by atoms with E-state index >= 15 is 0 Å². The largest absolute Gasteiger partial charge is 0.481 e. The van der Waals surface area contributed by atoms with Crippen LogP contribution in [-0.2, 0) is 4.79 Å². The Kier molecular flexibility index (Phi) is 5.15. The Morgan fingerprint density at radius 3 is 2.59 bits per heavy atom. The smallest absolute Gasteiger partial charge is 0.303 e. The number of carboxylic acid groups (broad SMARTS) is 1. The van der Waals surface area contributed by atoms with E-state index in [-0.39, 0.29) is 6.42 Å². The van der Waals surface area contributed by atoms with Crippen LogP contribution < -0.4 is 0 Å². The fourth-order valence-corrected chi connectivity index (χ4v) is 2.22. The molecule has 0 aliphatic heterocycles. The Morgan fingerprint density at radius 1 is 1.35 bits per heavy atom. The molecule has 17 heavy (non-hydrogen) atoms. The third-order valence-corrected chi connectivity index (χ3v) is 3.63. The molecule has 0 aliphatic rings. The highest BCUT2D eigenvalue weighted by Gasteiger charge is 2.12. The molecule has 94 valence electrons. The maximum Gasteiger partial charge on any atom is 0.303 e. The summed E-state index contributed by atoms with van der Waals surface area (Å²) in [5.41, 5.74) is 2.98. The van der Waals surface area contributed by atoms with Gasteiger partial charge in [0, 0.05) is 10.9 Å². The van der Waals surface area contributed by atoms with E-state index in [2.05, 4.69) is 15.9 Å². The first-order valence-corrected chi connectivity index (χ1v) is 6.37. The number of benzene rings is 1. The highest BCUT2D eigenvalue weighted by atomic mass is 79.9. The van der Waals surface area contributed by atoms with Gasteiger partial charge in [0.2, 0.25) is 0 Å². The zero-order chi connectivity index (χ0) is 13.0. The number of carboxylic acids is 1. The van der Waals surface area contributed by atoms with E-state index in [1.807, 2.05) is 26.0 Å². The van der Waals surface area contributed by atoms with Crippen LogP contribution in [0.4, 0.5) is 0 Å². The van der Waals surface area contributed by atoms with E-state index < -0.39 is 12.1 Å². The number of aliphatic carboxylic acids is 1. The summed E-state index contributed by atoms with van der Waals surface area (Å²) in [4.78, 5) is 10.4. The van der Waals surface area contributed by atoms with E-state index in [0.29, 0.717) is 12.8 Å². The van der Waals surface area contributed by atoms with Crippen molar-refractivity contribution in [1.82, 2.24) is 0 Å². The van der Waals surface area contributed by atoms with Crippen molar-refractivity contribution in [2.75, 3.05) is 0 Å². The first-order chi connectivity index (χ1) is 7.91. The maximum absolute atomic E-state index is 10.4. The molecule has 0 radical (unpaired) electrons. The van der Waals surface area contributed by atoms with E-state index in [9.17, 15) is 9.90 Å². The van der Waals surface area contributed by atoms with Crippen LogP contribution in [0.2, 0.25) is 0 Å². The number of hydrogen-bond donors (Lipinski definition) is 2. The molecule has 3 nitrogen and oxygen atoms in total. The lowest BCUT2D eigenvalue weighted by molar-refractivity contribution is -0.137. The van der Waals surface area contributed by atoms with Gasteiger partial charge in [-0.15, -0.1) is 0 Å². The van der Waals surface area contributed by atoms with Crippen molar-refractivity contribution in [3.63, 3.8) is 0 Å². The molecule has 0 saturated carbocycles. The van der Waals surface area contributed by atoms with Crippen LogP contribution in [0.15, 0.2) is 16.6 Å².